The van der Waals surface area contributed by atoms with Crippen LogP contribution in [0.5, 0.6) is 11.5 Å². The molecule has 14 heteroatoms. The van der Waals surface area contributed by atoms with Crippen molar-refractivity contribution in [1.29, 1.82) is 0 Å². The van der Waals surface area contributed by atoms with E-state index in [1.54, 1.807) is 0 Å². The molecule has 0 unspecified atom stereocenters. The van der Waals surface area contributed by atoms with Gasteiger partial charge in [0.25, 0.3) is 0 Å². The SMILES string of the molecule is CC(C)CN(C[C@@H](O)[C@H](Cc1ccccc1)NC(=O)[C@@H](NC(=O)CNCCO)C(C)(C)C)S(=O)(=O)c1ccc2c(c1)OCO2.Cl.[HH]. The molecule has 12 nitrogen and oxygen atoms in total. The van der Waals surface area contributed by atoms with Crippen molar-refractivity contribution >= 4 is 34.2 Å². The van der Waals surface area contributed by atoms with Gasteiger partial charge in [-0.1, -0.05) is 65.0 Å². The van der Waals surface area contributed by atoms with Gasteiger partial charge in [0.15, 0.2) is 11.5 Å². The monoisotopic (exact) mass is 672 g/mol. The molecule has 5 N–H and O–H groups in total. The van der Waals surface area contributed by atoms with Gasteiger partial charge >= 0.3 is 0 Å². The van der Waals surface area contributed by atoms with Gasteiger partial charge in [-0.25, -0.2) is 8.42 Å². The first-order valence-electron chi connectivity index (χ1n) is 14.8. The number of aliphatic hydroxyl groups excluding tert-OH is 2. The highest BCUT2D eigenvalue weighted by molar-refractivity contribution is 7.89. The average molecular weight is 673 g/mol. The molecule has 0 bridgehead atoms. The smallest absolute Gasteiger partial charge is 0.243 e. The van der Waals surface area contributed by atoms with Crippen molar-refractivity contribution in [2.75, 3.05) is 39.6 Å². The van der Waals surface area contributed by atoms with Crippen LogP contribution in [0.1, 0.15) is 41.6 Å². The standard InChI is InChI=1S/C31H46N4O8S.ClH.H2/c1-21(2)18-35(44(40,41)23-11-12-26-27(16-23)43-20-42-26)19-25(37)24(15-22-9-7-6-8-10-22)33-30(39)29(31(3,4)5)34-28(38)17-32-13-14-36;;/h6-12,16,21,24-25,29,32,36-37H,13-15,17-20H2,1-5H3,(H,33,39)(H,34,38);2*1H/t24-,25+,29+;;/m0../s1. The second-order valence-electron chi connectivity index (χ2n) is 12.4. The molecule has 2 aromatic carbocycles. The molecular weight excluding hydrogens is 624 g/mol. The van der Waals surface area contributed by atoms with Crippen molar-refractivity contribution in [3.8, 4) is 11.5 Å². The first-order chi connectivity index (χ1) is 20.7. The van der Waals surface area contributed by atoms with Gasteiger partial charge in [0.05, 0.1) is 30.2 Å². The molecule has 0 saturated carbocycles. The maximum atomic E-state index is 13.8. The van der Waals surface area contributed by atoms with E-state index in [-0.39, 0.29) is 70.6 Å². The number of aliphatic hydroxyl groups is 2. The molecule has 3 rings (SSSR count). The summed E-state index contributed by atoms with van der Waals surface area (Å²) in [5.74, 6) is -0.219. The minimum atomic E-state index is -4.07. The number of nitrogens with zero attached hydrogens (tertiary/aromatic N) is 1. The van der Waals surface area contributed by atoms with E-state index in [0.717, 1.165) is 5.56 Å². The topological polar surface area (TPSA) is 167 Å². The van der Waals surface area contributed by atoms with Crippen LogP contribution in [-0.4, -0.2) is 92.5 Å². The minimum absolute atomic E-state index is 0. The van der Waals surface area contributed by atoms with Crippen LogP contribution in [-0.2, 0) is 26.0 Å². The fourth-order valence-electron chi connectivity index (χ4n) is 4.79. The van der Waals surface area contributed by atoms with E-state index in [4.69, 9.17) is 14.6 Å². The van der Waals surface area contributed by atoms with Crippen LogP contribution < -0.4 is 25.4 Å². The highest BCUT2D eigenvalue weighted by Gasteiger charge is 2.37. The summed E-state index contributed by atoms with van der Waals surface area (Å²) in [4.78, 5) is 26.3. The molecule has 2 amide bonds. The predicted molar refractivity (Wildman–Crippen MR) is 175 cm³/mol. The molecule has 3 atom stereocenters. The second-order valence-corrected chi connectivity index (χ2v) is 14.3. The van der Waals surface area contributed by atoms with Crippen molar-refractivity contribution in [3.63, 3.8) is 0 Å². The summed E-state index contributed by atoms with van der Waals surface area (Å²) in [6, 6.07) is 11.8. The lowest BCUT2D eigenvalue weighted by atomic mass is 9.85. The Morgan fingerprint density at radius 2 is 1.69 bits per heavy atom. The van der Waals surface area contributed by atoms with Crippen LogP contribution in [0.4, 0.5) is 0 Å². The van der Waals surface area contributed by atoms with Gasteiger partial charge in [0.2, 0.25) is 28.6 Å². The molecule has 1 heterocycles. The van der Waals surface area contributed by atoms with Gasteiger partial charge in [0.1, 0.15) is 6.04 Å². The number of carbonyl (C=O) groups excluding carboxylic acids is 2. The summed E-state index contributed by atoms with van der Waals surface area (Å²) < 4.78 is 39.6. The van der Waals surface area contributed by atoms with Crippen LogP contribution in [0.3, 0.4) is 0 Å². The maximum Gasteiger partial charge on any atom is 0.243 e. The van der Waals surface area contributed by atoms with Crippen molar-refractivity contribution in [1.82, 2.24) is 20.3 Å². The molecule has 0 saturated heterocycles. The normalized spacial score (nSPS) is 14.9. The number of rotatable bonds is 16. The highest BCUT2D eigenvalue weighted by Crippen LogP contribution is 2.35. The Morgan fingerprint density at radius 1 is 1.02 bits per heavy atom. The van der Waals surface area contributed by atoms with E-state index in [9.17, 15) is 23.1 Å². The molecule has 0 aromatic heterocycles. The largest absolute Gasteiger partial charge is 0.454 e. The number of sulfonamides is 1. The zero-order valence-corrected chi connectivity index (χ0v) is 28.1. The Labute approximate surface area is 273 Å². The lowest BCUT2D eigenvalue weighted by Gasteiger charge is -2.34. The van der Waals surface area contributed by atoms with Crippen LogP contribution in [0.2, 0.25) is 0 Å². The number of benzene rings is 2. The Bertz CT molecular complexity index is 1360. The first-order valence-corrected chi connectivity index (χ1v) is 16.2. The van der Waals surface area contributed by atoms with Crippen molar-refractivity contribution in [3.05, 3.63) is 54.1 Å². The molecule has 2 aromatic rings. The van der Waals surface area contributed by atoms with E-state index in [1.807, 2.05) is 65.0 Å². The Kier molecular flexibility index (Phi) is 14.5. The first kappa shape index (κ1) is 38.2. The summed E-state index contributed by atoms with van der Waals surface area (Å²) in [6.45, 7) is 9.04. The number of hydrogen-bond donors (Lipinski definition) is 5. The predicted octanol–water partition coefficient (Wildman–Crippen LogP) is 1.93. The number of ether oxygens (including phenoxy) is 2. The lowest BCUT2D eigenvalue weighted by Crippen LogP contribution is -2.59. The van der Waals surface area contributed by atoms with Gasteiger partial charge in [-0.05, 0) is 35.4 Å². The van der Waals surface area contributed by atoms with Crippen LogP contribution in [0, 0.1) is 11.3 Å². The number of nitrogens with one attached hydrogen (secondary N) is 3. The van der Waals surface area contributed by atoms with Crippen LogP contribution in [0.15, 0.2) is 53.4 Å². The number of halogens is 1. The molecule has 0 fully saturated rings. The summed E-state index contributed by atoms with van der Waals surface area (Å²) >= 11 is 0. The lowest BCUT2D eigenvalue weighted by molar-refractivity contribution is -0.132. The molecule has 1 aliphatic heterocycles. The minimum Gasteiger partial charge on any atom is -0.454 e. The van der Waals surface area contributed by atoms with Crippen molar-refractivity contribution < 1.29 is 39.1 Å². The maximum absolute atomic E-state index is 13.8. The number of fused-ring (bicyclic) bond motifs is 1. The highest BCUT2D eigenvalue weighted by atomic mass is 35.5. The fourth-order valence-corrected chi connectivity index (χ4v) is 6.42. The quantitative estimate of drug-likeness (QED) is 0.168. The third-order valence-corrected chi connectivity index (χ3v) is 8.87. The molecule has 1 aliphatic rings. The van der Waals surface area contributed by atoms with E-state index in [0.29, 0.717) is 11.5 Å². The average Bonchev–Trinajstić information content (AvgIpc) is 3.43. The van der Waals surface area contributed by atoms with E-state index >= 15 is 0 Å². The van der Waals surface area contributed by atoms with Gasteiger partial charge in [-0.2, -0.15) is 4.31 Å². The van der Waals surface area contributed by atoms with Crippen LogP contribution in [0.25, 0.3) is 0 Å². The fraction of sp³-hybridized carbons (Fsp3) is 0.548. The van der Waals surface area contributed by atoms with Gasteiger partial charge in [0, 0.05) is 27.1 Å². The van der Waals surface area contributed by atoms with Gasteiger partial charge < -0.3 is 35.6 Å². The third kappa shape index (κ3) is 11.1. The number of carbonyl (C=O) groups is 2. The van der Waals surface area contributed by atoms with E-state index in [1.165, 1.54) is 22.5 Å². The Morgan fingerprint density at radius 3 is 2.31 bits per heavy atom. The van der Waals surface area contributed by atoms with Crippen molar-refractivity contribution in [2.45, 2.75) is 64.1 Å². The summed E-state index contributed by atoms with van der Waals surface area (Å²) in [5.41, 5.74) is 0.140. The van der Waals surface area contributed by atoms with E-state index < -0.39 is 45.4 Å². The second kappa shape index (κ2) is 17.1. The molecule has 254 valence electrons. The molecule has 0 aliphatic carbocycles. The third-order valence-electron chi connectivity index (χ3n) is 7.04. The summed E-state index contributed by atoms with van der Waals surface area (Å²) in [6.07, 6.45) is -1.08. The molecule has 0 radical (unpaired) electrons. The Hall–Kier alpha value is -2.94. The van der Waals surface area contributed by atoms with E-state index in [2.05, 4.69) is 16.0 Å². The zero-order chi connectivity index (χ0) is 32.5. The zero-order valence-electron chi connectivity index (χ0n) is 26.5. The van der Waals surface area contributed by atoms with Crippen molar-refractivity contribution in [2.24, 2.45) is 11.3 Å². The van der Waals surface area contributed by atoms with Gasteiger partial charge in [-0.3, -0.25) is 9.59 Å². The van der Waals surface area contributed by atoms with Crippen LogP contribution >= 0.6 is 12.4 Å². The number of amides is 2. The molecular formula is C31H49ClN4O8S. The van der Waals surface area contributed by atoms with Gasteiger partial charge in [-0.15, -0.1) is 12.4 Å². The molecule has 45 heavy (non-hydrogen) atoms. The Balaban J connectivity index is 0.00000529. The number of hydrogen-bond acceptors (Lipinski definition) is 9. The summed E-state index contributed by atoms with van der Waals surface area (Å²) in [5, 5.41) is 29.0. The molecule has 0 spiro atoms. The summed E-state index contributed by atoms with van der Waals surface area (Å²) in [7, 11) is -4.07.